The van der Waals surface area contributed by atoms with Gasteiger partial charge in [0.25, 0.3) is 5.91 Å². The molecule has 5 heteroatoms. The second-order valence-corrected chi connectivity index (χ2v) is 5.32. The standard InChI is InChI=1S/C9H12BrNO2S/c1-6(2-3-12)11-9(13)7-4-8(10)14-5-7/h4-6,12H,2-3H2,1H3,(H,11,13). The Morgan fingerprint density at radius 1 is 1.79 bits per heavy atom. The third kappa shape index (κ3) is 3.40. The largest absolute Gasteiger partial charge is 0.396 e. The van der Waals surface area contributed by atoms with Crippen molar-refractivity contribution in [1.82, 2.24) is 5.32 Å². The molecule has 0 radical (unpaired) electrons. The van der Waals surface area contributed by atoms with Crippen molar-refractivity contribution < 1.29 is 9.90 Å². The van der Waals surface area contributed by atoms with E-state index in [-0.39, 0.29) is 18.6 Å². The first-order valence-electron chi connectivity index (χ1n) is 4.29. The van der Waals surface area contributed by atoms with E-state index in [9.17, 15) is 4.79 Å². The van der Waals surface area contributed by atoms with E-state index in [0.717, 1.165) is 3.79 Å². The predicted molar refractivity (Wildman–Crippen MR) is 60.7 cm³/mol. The summed E-state index contributed by atoms with van der Waals surface area (Å²) in [5, 5.41) is 13.3. The number of carbonyl (C=O) groups is 1. The molecule has 0 spiro atoms. The number of nitrogens with one attached hydrogen (secondary N) is 1. The zero-order valence-corrected chi connectivity index (χ0v) is 10.2. The number of rotatable bonds is 4. The lowest BCUT2D eigenvalue weighted by Crippen LogP contribution is -2.32. The van der Waals surface area contributed by atoms with Gasteiger partial charge < -0.3 is 10.4 Å². The second-order valence-electron chi connectivity index (χ2n) is 3.03. The van der Waals surface area contributed by atoms with Crippen LogP contribution >= 0.6 is 27.3 Å². The summed E-state index contributed by atoms with van der Waals surface area (Å²) in [6, 6.07) is 1.79. The summed E-state index contributed by atoms with van der Waals surface area (Å²) in [5.74, 6) is -0.0899. The van der Waals surface area contributed by atoms with Crippen LogP contribution in [0.5, 0.6) is 0 Å². The molecule has 0 saturated heterocycles. The highest BCUT2D eigenvalue weighted by molar-refractivity contribution is 9.11. The maximum atomic E-state index is 11.5. The maximum Gasteiger partial charge on any atom is 0.252 e. The van der Waals surface area contributed by atoms with Crippen LogP contribution in [-0.4, -0.2) is 23.7 Å². The molecule has 0 aliphatic rings. The summed E-state index contributed by atoms with van der Waals surface area (Å²) in [7, 11) is 0. The van der Waals surface area contributed by atoms with Crippen LogP contribution in [0.4, 0.5) is 0 Å². The van der Waals surface area contributed by atoms with Crippen LogP contribution in [-0.2, 0) is 0 Å². The van der Waals surface area contributed by atoms with E-state index in [1.54, 1.807) is 11.4 Å². The minimum atomic E-state index is -0.0899. The van der Waals surface area contributed by atoms with Gasteiger partial charge in [-0.3, -0.25) is 4.79 Å². The molecule has 1 atom stereocenters. The minimum absolute atomic E-state index is 0.00572. The topological polar surface area (TPSA) is 49.3 Å². The Balaban J connectivity index is 2.50. The van der Waals surface area contributed by atoms with Crippen LogP contribution in [0.1, 0.15) is 23.7 Å². The molecule has 1 heterocycles. The van der Waals surface area contributed by atoms with E-state index >= 15 is 0 Å². The zero-order chi connectivity index (χ0) is 10.6. The Hall–Kier alpha value is -0.390. The van der Waals surface area contributed by atoms with Crippen LogP contribution < -0.4 is 5.32 Å². The second kappa shape index (κ2) is 5.48. The van der Waals surface area contributed by atoms with Crippen LogP contribution in [0.2, 0.25) is 0 Å². The molecule has 14 heavy (non-hydrogen) atoms. The van der Waals surface area contributed by atoms with Crippen molar-refractivity contribution in [2.75, 3.05) is 6.61 Å². The molecule has 0 aliphatic heterocycles. The highest BCUT2D eigenvalue weighted by Crippen LogP contribution is 2.20. The average Bonchev–Trinajstić information content (AvgIpc) is 2.52. The van der Waals surface area contributed by atoms with Crippen LogP contribution in [0, 0.1) is 0 Å². The number of amides is 1. The van der Waals surface area contributed by atoms with Gasteiger partial charge >= 0.3 is 0 Å². The van der Waals surface area contributed by atoms with Crippen molar-refractivity contribution in [2.24, 2.45) is 0 Å². The highest BCUT2D eigenvalue weighted by atomic mass is 79.9. The first-order chi connectivity index (χ1) is 6.63. The van der Waals surface area contributed by atoms with Gasteiger partial charge in [0.2, 0.25) is 0 Å². The first kappa shape index (κ1) is 11.7. The lowest BCUT2D eigenvalue weighted by Gasteiger charge is -2.11. The number of thiophene rings is 1. The third-order valence-corrected chi connectivity index (χ3v) is 3.27. The van der Waals surface area contributed by atoms with Crippen molar-refractivity contribution in [1.29, 1.82) is 0 Å². The monoisotopic (exact) mass is 277 g/mol. The minimum Gasteiger partial charge on any atom is -0.396 e. The van der Waals surface area contributed by atoms with Gasteiger partial charge in [-0.15, -0.1) is 11.3 Å². The molecule has 1 unspecified atom stereocenters. The van der Waals surface area contributed by atoms with Gasteiger partial charge in [0.05, 0.1) is 9.35 Å². The SMILES string of the molecule is CC(CCO)NC(=O)c1csc(Br)c1. The summed E-state index contributed by atoms with van der Waals surface area (Å²) in [6.07, 6.45) is 0.580. The van der Waals surface area contributed by atoms with E-state index in [1.807, 2.05) is 6.92 Å². The Morgan fingerprint density at radius 3 is 3.00 bits per heavy atom. The number of hydrogen-bond donors (Lipinski definition) is 2. The van der Waals surface area contributed by atoms with E-state index < -0.39 is 0 Å². The molecule has 1 aromatic rings. The molecule has 0 aromatic carbocycles. The van der Waals surface area contributed by atoms with Crippen molar-refractivity contribution in [3.8, 4) is 0 Å². The Bertz CT molecular complexity index is 314. The van der Waals surface area contributed by atoms with E-state index in [1.165, 1.54) is 11.3 Å². The molecule has 3 nitrogen and oxygen atoms in total. The number of carbonyl (C=O) groups excluding carboxylic acids is 1. The van der Waals surface area contributed by atoms with Crippen molar-refractivity contribution in [3.63, 3.8) is 0 Å². The van der Waals surface area contributed by atoms with Gasteiger partial charge in [-0.25, -0.2) is 0 Å². The van der Waals surface area contributed by atoms with E-state index in [0.29, 0.717) is 12.0 Å². The predicted octanol–water partition coefficient (Wildman–Crippen LogP) is 2.01. The van der Waals surface area contributed by atoms with Gasteiger partial charge in [0.1, 0.15) is 0 Å². The average molecular weight is 278 g/mol. The number of halogens is 1. The molecule has 0 bridgehead atoms. The van der Waals surface area contributed by atoms with Crippen molar-refractivity contribution in [3.05, 3.63) is 20.8 Å². The molecule has 0 fully saturated rings. The lowest BCUT2D eigenvalue weighted by molar-refractivity contribution is 0.0935. The van der Waals surface area contributed by atoms with Gasteiger partial charge in [-0.2, -0.15) is 0 Å². The Morgan fingerprint density at radius 2 is 2.50 bits per heavy atom. The lowest BCUT2D eigenvalue weighted by atomic mass is 10.2. The molecule has 1 amide bonds. The Kier molecular flexibility index (Phi) is 4.57. The summed E-state index contributed by atoms with van der Waals surface area (Å²) in [5.41, 5.74) is 0.659. The van der Waals surface area contributed by atoms with E-state index in [4.69, 9.17) is 5.11 Å². The van der Waals surface area contributed by atoms with E-state index in [2.05, 4.69) is 21.2 Å². The molecule has 1 rings (SSSR count). The van der Waals surface area contributed by atoms with Crippen molar-refractivity contribution >= 4 is 33.2 Å². The van der Waals surface area contributed by atoms with Gasteiger partial charge in [-0.1, -0.05) is 0 Å². The van der Waals surface area contributed by atoms with Gasteiger partial charge in [-0.05, 0) is 35.3 Å². The number of aliphatic hydroxyl groups is 1. The summed E-state index contributed by atoms with van der Waals surface area (Å²) in [6.45, 7) is 1.96. The van der Waals surface area contributed by atoms with Gasteiger partial charge in [0.15, 0.2) is 0 Å². The summed E-state index contributed by atoms with van der Waals surface area (Å²) in [4.78, 5) is 11.5. The van der Waals surface area contributed by atoms with Crippen LogP contribution in [0.15, 0.2) is 15.2 Å². The molecule has 2 N–H and O–H groups in total. The molecular formula is C9H12BrNO2S. The first-order valence-corrected chi connectivity index (χ1v) is 5.96. The van der Waals surface area contributed by atoms with Crippen molar-refractivity contribution in [2.45, 2.75) is 19.4 Å². The molecule has 78 valence electrons. The normalized spacial score (nSPS) is 12.5. The number of aliphatic hydroxyl groups excluding tert-OH is 1. The Labute approximate surface area is 95.3 Å². The fraction of sp³-hybridized carbons (Fsp3) is 0.444. The van der Waals surface area contributed by atoms with Crippen LogP contribution in [0.3, 0.4) is 0 Å². The van der Waals surface area contributed by atoms with Gasteiger partial charge in [0, 0.05) is 18.0 Å². The fourth-order valence-corrected chi connectivity index (χ4v) is 2.14. The quantitative estimate of drug-likeness (QED) is 0.885. The third-order valence-electron chi connectivity index (χ3n) is 1.77. The zero-order valence-electron chi connectivity index (χ0n) is 7.79. The molecule has 1 aromatic heterocycles. The summed E-state index contributed by atoms with van der Waals surface area (Å²) >= 11 is 4.78. The molecule has 0 saturated carbocycles. The summed E-state index contributed by atoms with van der Waals surface area (Å²) < 4.78 is 0.942. The highest BCUT2D eigenvalue weighted by Gasteiger charge is 2.10. The van der Waals surface area contributed by atoms with Crippen LogP contribution in [0.25, 0.3) is 0 Å². The number of hydrogen-bond acceptors (Lipinski definition) is 3. The maximum absolute atomic E-state index is 11.5. The molecule has 0 aliphatic carbocycles. The smallest absolute Gasteiger partial charge is 0.252 e. The fourth-order valence-electron chi connectivity index (χ4n) is 1.00. The molecular weight excluding hydrogens is 266 g/mol.